The molecule has 6 heteroatoms. The Labute approximate surface area is 127 Å². The number of anilines is 2. The van der Waals surface area contributed by atoms with E-state index in [9.17, 15) is 9.59 Å². The van der Waals surface area contributed by atoms with Crippen LogP contribution in [0.3, 0.4) is 0 Å². The van der Waals surface area contributed by atoms with Crippen LogP contribution < -0.4 is 16.4 Å². The third kappa shape index (κ3) is 4.70. The summed E-state index contributed by atoms with van der Waals surface area (Å²) in [6.07, 6.45) is 0.256. The Morgan fingerprint density at radius 1 is 1.19 bits per heavy atom. The lowest BCUT2D eigenvalue weighted by molar-refractivity contribution is -0.116. The average molecular weight is 303 g/mol. The van der Waals surface area contributed by atoms with Crippen molar-refractivity contribution in [3.63, 3.8) is 0 Å². The molecule has 0 saturated heterocycles. The third-order valence-electron chi connectivity index (χ3n) is 2.66. The minimum Gasteiger partial charge on any atom is -0.327 e. The summed E-state index contributed by atoms with van der Waals surface area (Å²) < 4.78 is 0. The first-order valence-corrected chi connectivity index (χ1v) is 7.43. The summed E-state index contributed by atoms with van der Waals surface area (Å²) in [5, 5.41) is 7.40. The molecule has 2 rings (SSSR count). The number of nitrogens with two attached hydrogens (primary N) is 1. The molecule has 1 aromatic carbocycles. The summed E-state index contributed by atoms with van der Waals surface area (Å²) in [6.45, 7) is 1.78. The first kappa shape index (κ1) is 15.2. The highest BCUT2D eigenvalue weighted by Gasteiger charge is 2.08. The number of rotatable bonds is 5. The van der Waals surface area contributed by atoms with Crippen molar-refractivity contribution in [3.05, 3.63) is 46.7 Å². The molecule has 0 fully saturated rings. The minimum absolute atomic E-state index is 0.147. The monoisotopic (exact) mass is 303 g/mol. The molecule has 0 aliphatic carbocycles. The first-order valence-electron chi connectivity index (χ1n) is 6.55. The topological polar surface area (TPSA) is 84.2 Å². The van der Waals surface area contributed by atoms with E-state index < -0.39 is 0 Å². The molecule has 1 unspecified atom stereocenters. The van der Waals surface area contributed by atoms with Crippen LogP contribution in [0.25, 0.3) is 0 Å². The van der Waals surface area contributed by atoms with E-state index in [1.165, 1.54) is 11.3 Å². The lowest BCUT2D eigenvalue weighted by atomic mass is 10.2. The molecule has 0 radical (unpaired) electrons. The molecule has 4 N–H and O–H groups in total. The van der Waals surface area contributed by atoms with Crippen LogP contribution >= 0.6 is 11.3 Å². The lowest BCUT2D eigenvalue weighted by Crippen LogP contribution is -2.24. The van der Waals surface area contributed by atoms with Crippen molar-refractivity contribution in [1.82, 2.24) is 0 Å². The van der Waals surface area contributed by atoms with Crippen LogP contribution in [0.15, 0.2) is 41.8 Å². The molecule has 0 spiro atoms. The minimum atomic E-state index is -0.188. The van der Waals surface area contributed by atoms with Gasteiger partial charge in [-0.3, -0.25) is 9.59 Å². The van der Waals surface area contributed by atoms with E-state index in [4.69, 9.17) is 5.73 Å². The highest BCUT2D eigenvalue weighted by molar-refractivity contribution is 7.12. The third-order valence-corrected chi connectivity index (χ3v) is 3.53. The molecule has 0 saturated carbocycles. The van der Waals surface area contributed by atoms with Crippen molar-refractivity contribution in [3.8, 4) is 0 Å². The molecule has 0 aliphatic rings. The van der Waals surface area contributed by atoms with Crippen molar-refractivity contribution in [2.75, 3.05) is 10.6 Å². The standard InChI is InChI=1S/C15H17N3O2S/c1-10(16)8-14(19)17-11-4-2-5-12(9-11)18-15(20)13-6-3-7-21-13/h2-7,9-10H,8,16H2,1H3,(H,17,19)(H,18,20). The summed E-state index contributed by atoms with van der Waals surface area (Å²) >= 11 is 1.38. The number of carbonyl (C=O) groups excluding carboxylic acids is 2. The summed E-state index contributed by atoms with van der Waals surface area (Å²) in [7, 11) is 0. The van der Waals surface area contributed by atoms with Crippen molar-refractivity contribution >= 4 is 34.5 Å². The van der Waals surface area contributed by atoms with Crippen LogP contribution in [0, 0.1) is 0 Å². The Hall–Kier alpha value is -2.18. The zero-order valence-corrected chi connectivity index (χ0v) is 12.4. The van der Waals surface area contributed by atoms with Gasteiger partial charge >= 0.3 is 0 Å². The predicted octanol–water partition coefficient (Wildman–Crippen LogP) is 2.68. The summed E-state index contributed by atoms with van der Waals surface area (Å²) in [5.74, 6) is -0.309. The van der Waals surface area contributed by atoms with E-state index in [1.54, 1.807) is 37.3 Å². The lowest BCUT2D eigenvalue weighted by Gasteiger charge is -2.09. The molecule has 5 nitrogen and oxygen atoms in total. The van der Waals surface area contributed by atoms with Gasteiger partial charge in [0, 0.05) is 23.8 Å². The second-order valence-corrected chi connectivity index (χ2v) is 5.69. The van der Waals surface area contributed by atoms with Gasteiger partial charge in [0.15, 0.2) is 0 Å². The highest BCUT2D eigenvalue weighted by Crippen LogP contribution is 2.17. The molecule has 0 aliphatic heterocycles. The zero-order valence-electron chi connectivity index (χ0n) is 11.6. The van der Waals surface area contributed by atoms with Crippen LogP contribution in [0.4, 0.5) is 11.4 Å². The molecule has 1 aromatic heterocycles. The van der Waals surface area contributed by atoms with Crippen LogP contribution in [0.2, 0.25) is 0 Å². The number of nitrogens with one attached hydrogen (secondary N) is 2. The molecular formula is C15H17N3O2S. The van der Waals surface area contributed by atoms with Crippen molar-refractivity contribution < 1.29 is 9.59 Å². The number of benzene rings is 1. The first-order chi connectivity index (χ1) is 10.0. The van der Waals surface area contributed by atoms with Crippen LogP contribution in [0.5, 0.6) is 0 Å². The van der Waals surface area contributed by atoms with E-state index in [1.807, 2.05) is 11.4 Å². The summed E-state index contributed by atoms with van der Waals surface area (Å²) in [4.78, 5) is 24.3. The maximum Gasteiger partial charge on any atom is 0.265 e. The maximum atomic E-state index is 11.9. The number of hydrogen-bond donors (Lipinski definition) is 3. The fourth-order valence-electron chi connectivity index (χ4n) is 1.78. The van der Waals surface area contributed by atoms with Gasteiger partial charge in [0.25, 0.3) is 5.91 Å². The Morgan fingerprint density at radius 3 is 2.52 bits per heavy atom. The van der Waals surface area contributed by atoms with E-state index in [0.29, 0.717) is 16.3 Å². The van der Waals surface area contributed by atoms with E-state index in [-0.39, 0.29) is 24.3 Å². The molecule has 1 heterocycles. The molecule has 2 amide bonds. The predicted molar refractivity (Wildman–Crippen MR) is 85.6 cm³/mol. The maximum absolute atomic E-state index is 11.9. The fraction of sp³-hybridized carbons (Fsp3) is 0.200. The van der Waals surface area contributed by atoms with Crippen molar-refractivity contribution in [2.24, 2.45) is 5.73 Å². The number of hydrogen-bond acceptors (Lipinski definition) is 4. The largest absolute Gasteiger partial charge is 0.327 e. The highest BCUT2D eigenvalue weighted by atomic mass is 32.1. The van der Waals surface area contributed by atoms with Gasteiger partial charge in [-0.2, -0.15) is 0 Å². The number of carbonyl (C=O) groups is 2. The Balaban J connectivity index is 2.01. The number of amides is 2. The Morgan fingerprint density at radius 2 is 1.90 bits per heavy atom. The van der Waals surface area contributed by atoms with Gasteiger partial charge in [0.2, 0.25) is 5.91 Å². The van der Waals surface area contributed by atoms with Crippen LogP contribution in [0.1, 0.15) is 23.0 Å². The smallest absolute Gasteiger partial charge is 0.265 e. The molecule has 21 heavy (non-hydrogen) atoms. The van der Waals surface area contributed by atoms with Gasteiger partial charge in [0.1, 0.15) is 0 Å². The van der Waals surface area contributed by atoms with Gasteiger partial charge in [-0.05, 0) is 36.6 Å². The Bertz CT molecular complexity index is 624. The van der Waals surface area contributed by atoms with Crippen LogP contribution in [-0.2, 0) is 4.79 Å². The van der Waals surface area contributed by atoms with Gasteiger partial charge in [-0.1, -0.05) is 12.1 Å². The molecule has 110 valence electrons. The molecule has 0 bridgehead atoms. The summed E-state index contributed by atoms with van der Waals surface area (Å²) in [6, 6.07) is 10.4. The van der Waals surface area contributed by atoms with E-state index in [2.05, 4.69) is 10.6 Å². The SMILES string of the molecule is CC(N)CC(=O)Nc1cccc(NC(=O)c2cccs2)c1. The molecule has 2 aromatic rings. The normalized spacial score (nSPS) is 11.7. The van der Waals surface area contributed by atoms with Gasteiger partial charge in [0.05, 0.1) is 4.88 Å². The second-order valence-electron chi connectivity index (χ2n) is 4.74. The Kier molecular flexibility index (Phi) is 5.08. The average Bonchev–Trinajstić information content (AvgIpc) is 2.91. The van der Waals surface area contributed by atoms with E-state index in [0.717, 1.165) is 0 Å². The van der Waals surface area contributed by atoms with E-state index >= 15 is 0 Å². The van der Waals surface area contributed by atoms with Crippen molar-refractivity contribution in [2.45, 2.75) is 19.4 Å². The molecular weight excluding hydrogens is 286 g/mol. The summed E-state index contributed by atoms with van der Waals surface area (Å²) in [5.41, 5.74) is 6.84. The van der Waals surface area contributed by atoms with Gasteiger partial charge in [-0.15, -0.1) is 11.3 Å². The second kappa shape index (κ2) is 7.01. The van der Waals surface area contributed by atoms with Crippen LogP contribution in [-0.4, -0.2) is 17.9 Å². The molecule has 1 atom stereocenters. The zero-order chi connectivity index (χ0) is 15.2. The quantitative estimate of drug-likeness (QED) is 0.794. The van der Waals surface area contributed by atoms with Gasteiger partial charge in [-0.25, -0.2) is 0 Å². The fourth-order valence-corrected chi connectivity index (χ4v) is 2.40. The number of thiophene rings is 1. The van der Waals surface area contributed by atoms with Gasteiger partial charge < -0.3 is 16.4 Å². The van der Waals surface area contributed by atoms with Crippen molar-refractivity contribution in [1.29, 1.82) is 0 Å².